The lowest BCUT2D eigenvalue weighted by atomic mass is 9.95. The lowest BCUT2D eigenvalue weighted by Gasteiger charge is -2.22. The van der Waals surface area contributed by atoms with Gasteiger partial charge in [-0.05, 0) is 38.2 Å². The molecule has 0 saturated carbocycles. The Hall–Kier alpha value is -0.760. The molecule has 1 aliphatic carbocycles. The fourth-order valence-corrected chi connectivity index (χ4v) is 2.64. The fourth-order valence-electron chi connectivity index (χ4n) is 2.64. The van der Waals surface area contributed by atoms with Crippen molar-refractivity contribution in [2.45, 2.75) is 59.1 Å². The van der Waals surface area contributed by atoms with E-state index in [1.807, 2.05) is 0 Å². The summed E-state index contributed by atoms with van der Waals surface area (Å²) in [5.41, 5.74) is 3.88. The SMILES string of the molecule is CCC(C)Cn1c(C)cc2c1CCCC2O. The van der Waals surface area contributed by atoms with Gasteiger partial charge in [-0.1, -0.05) is 20.3 Å². The summed E-state index contributed by atoms with van der Waals surface area (Å²) in [4.78, 5) is 0. The van der Waals surface area contributed by atoms with Crippen LogP contribution in [0.3, 0.4) is 0 Å². The molecule has 0 saturated heterocycles. The molecule has 0 aromatic carbocycles. The lowest BCUT2D eigenvalue weighted by Crippen LogP contribution is -2.15. The molecular weight excluding hydrogens is 198 g/mol. The predicted molar refractivity (Wildman–Crippen MR) is 66.5 cm³/mol. The molecule has 2 nitrogen and oxygen atoms in total. The summed E-state index contributed by atoms with van der Waals surface area (Å²) in [7, 11) is 0. The minimum atomic E-state index is -0.222. The van der Waals surface area contributed by atoms with Crippen molar-refractivity contribution in [1.29, 1.82) is 0 Å². The van der Waals surface area contributed by atoms with E-state index in [1.165, 1.54) is 23.4 Å². The highest BCUT2D eigenvalue weighted by atomic mass is 16.3. The fraction of sp³-hybridized carbons (Fsp3) is 0.714. The monoisotopic (exact) mass is 221 g/mol. The van der Waals surface area contributed by atoms with E-state index in [2.05, 4.69) is 31.4 Å². The van der Waals surface area contributed by atoms with Crippen molar-refractivity contribution >= 4 is 0 Å². The van der Waals surface area contributed by atoms with Gasteiger partial charge in [-0.25, -0.2) is 0 Å². The zero-order valence-electron chi connectivity index (χ0n) is 10.7. The van der Waals surface area contributed by atoms with Crippen LogP contribution in [-0.2, 0) is 13.0 Å². The number of hydrogen-bond donors (Lipinski definition) is 1. The molecule has 2 unspecified atom stereocenters. The zero-order chi connectivity index (χ0) is 11.7. The molecule has 1 heterocycles. The second kappa shape index (κ2) is 4.62. The Balaban J connectivity index is 2.31. The number of aromatic nitrogens is 1. The highest BCUT2D eigenvalue weighted by Crippen LogP contribution is 2.32. The van der Waals surface area contributed by atoms with Crippen molar-refractivity contribution in [3.63, 3.8) is 0 Å². The molecule has 1 N–H and O–H groups in total. The summed E-state index contributed by atoms with van der Waals surface area (Å²) in [5, 5.41) is 9.98. The average molecular weight is 221 g/mol. The van der Waals surface area contributed by atoms with Gasteiger partial charge in [0.15, 0.2) is 0 Å². The number of rotatable bonds is 3. The highest BCUT2D eigenvalue weighted by molar-refractivity contribution is 5.31. The molecule has 2 heteroatoms. The van der Waals surface area contributed by atoms with Crippen molar-refractivity contribution in [1.82, 2.24) is 4.57 Å². The van der Waals surface area contributed by atoms with E-state index in [1.54, 1.807) is 0 Å². The van der Waals surface area contributed by atoms with E-state index in [0.29, 0.717) is 5.92 Å². The topological polar surface area (TPSA) is 25.2 Å². The summed E-state index contributed by atoms with van der Waals surface area (Å²) < 4.78 is 2.42. The standard InChI is InChI=1S/C14H23NO/c1-4-10(2)9-15-11(3)8-12-13(15)6-5-7-14(12)16/h8,10,14,16H,4-7,9H2,1-3H3. The Morgan fingerprint density at radius 2 is 2.31 bits per heavy atom. The predicted octanol–water partition coefficient (Wildman–Crippen LogP) is 3.21. The largest absolute Gasteiger partial charge is 0.388 e. The first kappa shape index (κ1) is 11.7. The molecule has 2 atom stereocenters. The zero-order valence-corrected chi connectivity index (χ0v) is 10.7. The van der Waals surface area contributed by atoms with Gasteiger partial charge in [-0.15, -0.1) is 0 Å². The Morgan fingerprint density at radius 1 is 1.56 bits per heavy atom. The molecule has 0 spiro atoms. The molecule has 16 heavy (non-hydrogen) atoms. The normalized spacial score (nSPS) is 21.9. The first-order valence-electron chi connectivity index (χ1n) is 6.50. The van der Waals surface area contributed by atoms with Crippen molar-refractivity contribution in [3.8, 4) is 0 Å². The van der Waals surface area contributed by atoms with Gasteiger partial charge in [0.05, 0.1) is 6.10 Å². The van der Waals surface area contributed by atoms with Crippen LogP contribution in [-0.4, -0.2) is 9.67 Å². The Kier molecular flexibility index (Phi) is 3.38. The molecule has 1 aliphatic rings. The molecule has 1 aromatic heterocycles. The van der Waals surface area contributed by atoms with Crippen LogP contribution in [0.5, 0.6) is 0 Å². The lowest BCUT2D eigenvalue weighted by molar-refractivity contribution is 0.155. The molecular formula is C14H23NO. The summed E-state index contributed by atoms with van der Waals surface area (Å²) in [6.45, 7) is 7.80. The molecule has 0 fully saturated rings. The van der Waals surface area contributed by atoms with Crippen LogP contribution in [0.15, 0.2) is 6.07 Å². The minimum absolute atomic E-state index is 0.222. The number of fused-ring (bicyclic) bond motifs is 1. The van der Waals surface area contributed by atoms with Crippen LogP contribution < -0.4 is 0 Å². The van der Waals surface area contributed by atoms with Gasteiger partial charge >= 0.3 is 0 Å². The Labute approximate surface area is 98.3 Å². The highest BCUT2D eigenvalue weighted by Gasteiger charge is 2.23. The van der Waals surface area contributed by atoms with Crippen molar-refractivity contribution in [3.05, 3.63) is 23.0 Å². The Morgan fingerprint density at radius 3 is 3.00 bits per heavy atom. The number of aryl methyl sites for hydroxylation is 1. The summed E-state index contributed by atoms with van der Waals surface area (Å²) >= 11 is 0. The van der Waals surface area contributed by atoms with Gasteiger partial charge in [0.1, 0.15) is 0 Å². The van der Waals surface area contributed by atoms with Crippen molar-refractivity contribution in [2.24, 2.45) is 5.92 Å². The van der Waals surface area contributed by atoms with Crippen LogP contribution in [0, 0.1) is 12.8 Å². The van der Waals surface area contributed by atoms with E-state index >= 15 is 0 Å². The number of aliphatic hydroxyl groups excluding tert-OH is 1. The van der Waals surface area contributed by atoms with Crippen molar-refractivity contribution in [2.75, 3.05) is 0 Å². The third kappa shape index (κ3) is 2.03. The summed E-state index contributed by atoms with van der Waals surface area (Å²) in [6, 6.07) is 2.18. The number of aliphatic hydroxyl groups is 1. The first-order chi connectivity index (χ1) is 7.63. The Bertz CT molecular complexity index is 367. The van der Waals surface area contributed by atoms with Gasteiger partial charge in [0, 0.05) is 23.5 Å². The third-order valence-electron chi connectivity index (χ3n) is 3.89. The maximum atomic E-state index is 9.98. The van der Waals surface area contributed by atoms with Crippen LogP contribution >= 0.6 is 0 Å². The quantitative estimate of drug-likeness (QED) is 0.833. The van der Waals surface area contributed by atoms with E-state index in [-0.39, 0.29) is 6.10 Å². The minimum Gasteiger partial charge on any atom is -0.388 e. The maximum Gasteiger partial charge on any atom is 0.0807 e. The van der Waals surface area contributed by atoms with E-state index in [4.69, 9.17) is 0 Å². The molecule has 2 rings (SSSR count). The van der Waals surface area contributed by atoms with Crippen molar-refractivity contribution < 1.29 is 5.11 Å². The number of nitrogens with zero attached hydrogens (tertiary/aromatic N) is 1. The molecule has 0 radical (unpaired) electrons. The maximum absolute atomic E-state index is 9.98. The molecule has 0 amide bonds. The van der Waals surface area contributed by atoms with Crippen LogP contribution in [0.25, 0.3) is 0 Å². The molecule has 0 aliphatic heterocycles. The smallest absolute Gasteiger partial charge is 0.0807 e. The molecule has 90 valence electrons. The second-order valence-electron chi connectivity index (χ2n) is 5.22. The van der Waals surface area contributed by atoms with Gasteiger partial charge in [-0.2, -0.15) is 0 Å². The van der Waals surface area contributed by atoms with Crippen LogP contribution in [0.4, 0.5) is 0 Å². The van der Waals surface area contributed by atoms with Crippen LogP contribution in [0.1, 0.15) is 56.2 Å². The number of hydrogen-bond acceptors (Lipinski definition) is 1. The van der Waals surface area contributed by atoms with E-state index in [0.717, 1.165) is 25.8 Å². The van der Waals surface area contributed by atoms with E-state index < -0.39 is 0 Å². The average Bonchev–Trinajstić information content (AvgIpc) is 2.58. The van der Waals surface area contributed by atoms with E-state index in [9.17, 15) is 5.11 Å². The van der Waals surface area contributed by atoms with Gasteiger partial charge in [0.25, 0.3) is 0 Å². The molecule has 0 bridgehead atoms. The summed E-state index contributed by atoms with van der Waals surface area (Å²) in [6.07, 6.45) is 4.18. The van der Waals surface area contributed by atoms with Gasteiger partial charge < -0.3 is 9.67 Å². The van der Waals surface area contributed by atoms with Gasteiger partial charge in [0.2, 0.25) is 0 Å². The van der Waals surface area contributed by atoms with Crippen LogP contribution in [0.2, 0.25) is 0 Å². The third-order valence-corrected chi connectivity index (χ3v) is 3.89. The molecule has 1 aromatic rings. The first-order valence-corrected chi connectivity index (χ1v) is 6.50. The van der Waals surface area contributed by atoms with Gasteiger partial charge in [-0.3, -0.25) is 0 Å². The second-order valence-corrected chi connectivity index (χ2v) is 5.22. The summed E-state index contributed by atoms with van der Waals surface area (Å²) in [5.74, 6) is 0.717.